The van der Waals surface area contributed by atoms with Gasteiger partial charge in [0.15, 0.2) is 11.4 Å². The molecule has 1 aliphatic rings. The number of nitrogens with one attached hydrogen (secondary N) is 2. The number of aromatic amines is 1. The number of nitrogens with zero attached hydrogens (tertiary/aromatic N) is 2. The Kier molecular flexibility index (Phi) is 9.29. The van der Waals surface area contributed by atoms with Gasteiger partial charge in [-0.3, -0.25) is 14.7 Å². The van der Waals surface area contributed by atoms with Crippen LogP contribution in [0.5, 0.6) is 0 Å². The van der Waals surface area contributed by atoms with Gasteiger partial charge in [-0.1, -0.05) is 55.1 Å². The van der Waals surface area contributed by atoms with E-state index in [2.05, 4.69) is 27.4 Å². The number of aromatic nitrogens is 3. The minimum atomic E-state index is -0.917. The average Bonchev–Trinajstić information content (AvgIpc) is 3.42. The van der Waals surface area contributed by atoms with E-state index in [0.29, 0.717) is 16.6 Å². The van der Waals surface area contributed by atoms with Crippen LogP contribution in [0.3, 0.4) is 0 Å². The molecule has 4 N–H and O–H groups in total. The Balaban J connectivity index is 1.47. The van der Waals surface area contributed by atoms with Crippen molar-refractivity contribution < 1.29 is 29.3 Å². The van der Waals surface area contributed by atoms with Gasteiger partial charge in [-0.15, -0.1) is 0 Å². The lowest BCUT2D eigenvalue weighted by molar-refractivity contribution is -0.268. The van der Waals surface area contributed by atoms with E-state index in [0.717, 1.165) is 16.7 Å². The zero-order chi connectivity index (χ0) is 26.2. The Labute approximate surface area is 218 Å². The van der Waals surface area contributed by atoms with Gasteiger partial charge in [-0.05, 0) is 29.7 Å². The molecule has 0 spiro atoms. The summed E-state index contributed by atoms with van der Waals surface area (Å²) in [5.41, 5.74) is 3.25. The Morgan fingerprint density at radius 3 is 2.43 bits per heavy atom. The molecule has 0 bridgehead atoms. The third-order valence-electron chi connectivity index (χ3n) is 6.16. The lowest BCUT2D eigenvalue weighted by Crippen LogP contribution is -2.38. The molecule has 4 atom stereocenters. The fourth-order valence-corrected chi connectivity index (χ4v) is 5.03. The summed E-state index contributed by atoms with van der Waals surface area (Å²) in [5.74, 6) is -0.467. The fourth-order valence-electron chi connectivity index (χ4n) is 4.08. The summed E-state index contributed by atoms with van der Waals surface area (Å²) < 4.78 is 12.8. The van der Waals surface area contributed by atoms with Crippen molar-refractivity contribution in [3.63, 3.8) is 0 Å². The molecular formula is C26H30N4O6S. The number of amides is 1. The van der Waals surface area contributed by atoms with Crippen molar-refractivity contribution in [3.05, 3.63) is 71.5 Å². The molecule has 196 valence electrons. The summed E-state index contributed by atoms with van der Waals surface area (Å²) in [5, 5.41) is 28.4. The number of aliphatic hydroxyl groups is 1. The van der Waals surface area contributed by atoms with Crippen molar-refractivity contribution in [2.45, 2.75) is 56.4 Å². The minimum Gasteiger partial charge on any atom is -0.481 e. The van der Waals surface area contributed by atoms with E-state index in [9.17, 15) is 14.7 Å². The molecule has 0 saturated carbocycles. The molecule has 1 saturated heterocycles. The number of carbonyl (C=O) groups is 2. The van der Waals surface area contributed by atoms with Gasteiger partial charge in [0.25, 0.3) is 0 Å². The average molecular weight is 527 g/mol. The van der Waals surface area contributed by atoms with E-state index in [1.54, 1.807) is 12.1 Å². The minimum absolute atomic E-state index is 0.0218. The highest BCUT2D eigenvalue weighted by atomic mass is 32.2. The first kappa shape index (κ1) is 26.8. The van der Waals surface area contributed by atoms with Crippen LogP contribution in [-0.4, -0.2) is 49.1 Å². The van der Waals surface area contributed by atoms with E-state index in [4.69, 9.17) is 14.6 Å². The number of carbonyl (C=O) groups excluding carboxylic acids is 1. The number of H-pyrrole nitrogens is 1. The molecule has 4 unspecified atom stereocenters. The number of benzene rings is 2. The number of thioether (sulfide) groups is 1. The van der Waals surface area contributed by atoms with Crippen LogP contribution < -0.4 is 5.32 Å². The second-order valence-corrected chi connectivity index (χ2v) is 9.85. The van der Waals surface area contributed by atoms with E-state index in [-0.39, 0.29) is 49.9 Å². The maximum absolute atomic E-state index is 12.1. The Bertz CT molecular complexity index is 1160. The fraction of sp³-hybridized carbons (Fsp3) is 0.385. The van der Waals surface area contributed by atoms with Gasteiger partial charge in [-0.25, -0.2) is 4.98 Å². The number of ether oxygens (including phenoxy) is 2. The molecule has 2 aromatic carbocycles. The largest absolute Gasteiger partial charge is 0.481 e. The smallest absolute Gasteiger partial charge is 0.303 e. The molecule has 1 fully saturated rings. The molecule has 4 rings (SSSR count). The zero-order valence-electron chi connectivity index (χ0n) is 20.4. The Morgan fingerprint density at radius 2 is 1.78 bits per heavy atom. The second kappa shape index (κ2) is 12.8. The van der Waals surface area contributed by atoms with Crippen molar-refractivity contribution in [2.24, 2.45) is 5.92 Å². The number of anilines is 1. The monoisotopic (exact) mass is 526 g/mol. The molecular weight excluding hydrogens is 496 g/mol. The number of hydrogen-bond acceptors (Lipinski definition) is 8. The summed E-state index contributed by atoms with van der Waals surface area (Å²) in [6.45, 7) is 2.07. The van der Waals surface area contributed by atoms with Gasteiger partial charge < -0.3 is 25.0 Å². The van der Waals surface area contributed by atoms with Gasteiger partial charge in [0.1, 0.15) is 6.33 Å². The van der Waals surface area contributed by atoms with Crippen molar-refractivity contribution in [1.82, 2.24) is 15.2 Å². The first-order chi connectivity index (χ1) is 17.9. The molecule has 0 radical (unpaired) electrons. The van der Waals surface area contributed by atoms with Crippen LogP contribution in [0.2, 0.25) is 0 Å². The van der Waals surface area contributed by atoms with Crippen molar-refractivity contribution >= 4 is 29.3 Å². The van der Waals surface area contributed by atoms with E-state index >= 15 is 0 Å². The number of rotatable bonds is 11. The highest BCUT2D eigenvalue weighted by Crippen LogP contribution is 2.42. The normalized spacial score (nSPS) is 21.5. The SMILES string of the molecule is CC1C(CSc2ncn[nH]2)OC(c2ccc(NC(=O)CCCC(=O)O)cc2)OC1c1ccc(CO)cc1. The van der Waals surface area contributed by atoms with Crippen LogP contribution in [-0.2, 0) is 25.7 Å². The molecule has 37 heavy (non-hydrogen) atoms. The van der Waals surface area contributed by atoms with E-state index < -0.39 is 12.3 Å². The van der Waals surface area contributed by atoms with Gasteiger partial charge in [0.2, 0.25) is 5.91 Å². The molecule has 1 amide bonds. The summed E-state index contributed by atoms with van der Waals surface area (Å²) in [7, 11) is 0. The number of aliphatic carboxylic acids is 1. The quantitative estimate of drug-likeness (QED) is 0.271. The van der Waals surface area contributed by atoms with Crippen molar-refractivity contribution in [2.75, 3.05) is 11.1 Å². The molecule has 1 aromatic heterocycles. The Hall–Kier alpha value is -3.25. The zero-order valence-corrected chi connectivity index (χ0v) is 21.2. The maximum atomic E-state index is 12.1. The van der Waals surface area contributed by atoms with Crippen LogP contribution >= 0.6 is 11.8 Å². The third kappa shape index (κ3) is 7.39. The van der Waals surface area contributed by atoms with Crippen LogP contribution in [0.15, 0.2) is 60.0 Å². The molecule has 11 heteroatoms. The van der Waals surface area contributed by atoms with Crippen LogP contribution in [0.4, 0.5) is 5.69 Å². The first-order valence-electron chi connectivity index (χ1n) is 12.0. The van der Waals surface area contributed by atoms with Gasteiger partial charge in [0, 0.05) is 35.8 Å². The predicted molar refractivity (Wildman–Crippen MR) is 137 cm³/mol. The third-order valence-corrected chi connectivity index (χ3v) is 7.13. The second-order valence-electron chi connectivity index (χ2n) is 8.84. The molecule has 10 nitrogen and oxygen atoms in total. The Morgan fingerprint density at radius 1 is 1.05 bits per heavy atom. The highest BCUT2D eigenvalue weighted by molar-refractivity contribution is 7.99. The predicted octanol–water partition coefficient (Wildman–Crippen LogP) is 4.07. The van der Waals surface area contributed by atoms with E-state index in [1.165, 1.54) is 18.1 Å². The lowest BCUT2D eigenvalue weighted by Gasteiger charge is -2.41. The number of hydrogen-bond donors (Lipinski definition) is 4. The number of carboxylic acid groups (broad SMARTS) is 1. The summed E-state index contributed by atoms with van der Waals surface area (Å²) >= 11 is 1.53. The highest BCUT2D eigenvalue weighted by Gasteiger charge is 2.38. The van der Waals surface area contributed by atoms with Crippen molar-refractivity contribution in [1.29, 1.82) is 0 Å². The summed E-state index contributed by atoms with van der Waals surface area (Å²) in [4.78, 5) is 26.9. The van der Waals surface area contributed by atoms with Crippen LogP contribution in [0.25, 0.3) is 0 Å². The molecule has 2 heterocycles. The van der Waals surface area contributed by atoms with E-state index in [1.807, 2.05) is 36.4 Å². The lowest BCUT2D eigenvalue weighted by atomic mass is 9.91. The first-order valence-corrected chi connectivity index (χ1v) is 13.0. The number of aliphatic hydroxyl groups excluding tert-OH is 1. The van der Waals surface area contributed by atoms with Gasteiger partial charge in [0.05, 0.1) is 18.8 Å². The topological polar surface area (TPSA) is 147 Å². The number of carboxylic acids is 1. The van der Waals surface area contributed by atoms with Crippen LogP contribution in [0.1, 0.15) is 55.3 Å². The standard InChI is InChI=1S/C26H30N4O6S/c1-16-21(14-37-26-27-15-28-30-26)35-25(36-24(16)18-7-5-17(13-31)6-8-18)19-9-11-20(12-10-19)29-22(32)3-2-4-23(33)34/h5-12,15-16,21,24-25,31H,2-4,13-14H2,1H3,(H,29,32)(H,33,34)(H,27,28,30). The van der Waals surface area contributed by atoms with Gasteiger partial charge >= 0.3 is 5.97 Å². The summed E-state index contributed by atoms with van der Waals surface area (Å²) in [6, 6.07) is 15.0. The molecule has 3 aromatic rings. The van der Waals surface area contributed by atoms with Crippen LogP contribution in [0, 0.1) is 5.92 Å². The van der Waals surface area contributed by atoms with Crippen molar-refractivity contribution in [3.8, 4) is 0 Å². The van der Waals surface area contributed by atoms with Gasteiger partial charge in [-0.2, -0.15) is 5.10 Å². The summed E-state index contributed by atoms with van der Waals surface area (Å²) in [6.07, 6.45) is 0.847. The maximum Gasteiger partial charge on any atom is 0.303 e. The molecule has 1 aliphatic heterocycles. The molecule has 0 aliphatic carbocycles.